The summed E-state index contributed by atoms with van der Waals surface area (Å²) < 4.78 is 46.4. The Kier molecular flexibility index (Phi) is 8.04. The van der Waals surface area contributed by atoms with Crippen molar-refractivity contribution in [3.05, 3.63) is 53.8 Å². The third-order valence-corrected chi connectivity index (χ3v) is 7.73. The van der Waals surface area contributed by atoms with Crippen LogP contribution in [0.15, 0.2) is 47.4 Å². The van der Waals surface area contributed by atoms with Crippen molar-refractivity contribution in [1.82, 2.24) is 9.62 Å². The number of aryl methyl sites for hydroxylation is 1. The number of piperidine rings is 1. The molecule has 3 rings (SSSR count). The van der Waals surface area contributed by atoms with Crippen molar-refractivity contribution in [2.75, 3.05) is 25.5 Å². The molecule has 2 aromatic rings. The van der Waals surface area contributed by atoms with Crippen molar-refractivity contribution in [3.8, 4) is 5.75 Å². The molecule has 1 saturated heterocycles. The SMILES string of the molecule is COc1ccc(NC(=O)C(=O)NCCC2CCCCN2S(=O)(=O)c2ccc(F)cc2C)cc1. The van der Waals surface area contributed by atoms with Gasteiger partial charge in [-0.15, -0.1) is 0 Å². The lowest BCUT2D eigenvalue weighted by molar-refractivity contribution is -0.136. The maximum Gasteiger partial charge on any atom is 0.313 e. The van der Waals surface area contributed by atoms with Crippen LogP contribution in [-0.2, 0) is 19.6 Å². The Labute approximate surface area is 193 Å². The first-order valence-electron chi connectivity index (χ1n) is 10.7. The normalized spacial score (nSPS) is 16.8. The summed E-state index contributed by atoms with van der Waals surface area (Å²) in [5.41, 5.74) is 0.804. The van der Waals surface area contributed by atoms with E-state index in [0.717, 1.165) is 18.9 Å². The molecule has 0 bridgehead atoms. The van der Waals surface area contributed by atoms with Gasteiger partial charge in [0, 0.05) is 24.8 Å². The van der Waals surface area contributed by atoms with Gasteiger partial charge in [0.25, 0.3) is 0 Å². The molecule has 10 heteroatoms. The molecule has 0 aromatic heterocycles. The summed E-state index contributed by atoms with van der Waals surface area (Å²) in [6, 6.07) is 9.87. The van der Waals surface area contributed by atoms with Crippen molar-refractivity contribution >= 4 is 27.5 Å². The Bertz CT molecular complexity index is 1110. The number of amides is 2. The number of halogens is 1. The molecule has 8 nitrogen and oxygen atoms in total. The molecule has 33 heavy (non-hydrogen) atoms. The average Bonchev–Trinajstić information content (AvgIpc) is 2.79. The van der Waals surface area contributed by atoms with E-state index in [2.05, 4.69) is 10.6 Å². The van der Waals surface area contributed by atoms with Crippen molar-refractivity contribution < 1.29 is 27.1 Å². The van der Waals surface area contributed by atoms with Crippen LogP contribution in [0.3, 0.4) is 0 Å². The van der Waals surface area contributed by atoms with Crippen LogP contribution in [0.2, 0.25) is 0 Å². The fourth-order valence-corrected chi connectivity index (χ4v) is 5.83. The van der Waals surface area contributed by atoms with E-state index in [1.165, 1.54) is 23.5 Å². The van der Waals surface area contributed by atoms with Crippen LogP contribution < -0.4 is 15.4 Å². The van der Waals surface area contributed by atoms with Crippen molar-refractivity contribution in [3.63, 3.8) is 0 Å². The lowest BCUT2D eigenvalue weighted by Gasteiger charge is -2.35. The average molecular weight is 478 g/mol. The van der Waals surface area contributed by atoms with Gasteiger partial charge in [0.1, 0.15) is 11.6 Å². The van der Waals surface area contributed by atoms with Gasteiger partial charge in [0.15, 0.2) is 0 Å². The maximum absolute atomic E-state index is 13.4. The first-order chi connectivity index (χ1) is 15.7. The Morgan fingerprint density at radius 3 is 2.52 bits per heavy atom. The molecule has 1 fully saturated rings. The number of methoxy groups -OCH3 is 1. The lowest BCUT2D eigenvalue weighted by Crippen LogP contribution is -2.46. The van der Waals surface area contributed by atoms with E-state index in [1.807, 2.05) is 0 Å². The van der Waals surface area contributed by atoms with E-state index in [-0.39, 0.29) is 17.5 Å². The van der Waals surface area contributed by atoms with Gasteiger partial charge in [-0.2, -0.15) is 4.31 Å². The summed E-state index contributed by atoms with van der Waals surface area (Å²) in [6.07, 6.45) is 2.60. The van der Waals surface area contributed by atoms with Crippen LogP contribution in [0.4, 0.5) is 10.1 Å². The number of nitrogens with one attached hydrogen (secondary N) is 2. The zero-order valence-electron chi connectivity index (χ0n) is 18.6. The molecule has 178 valence electrons. The lowest BCUT2D eigenvalue weighted by atomic mass is 10.0. The molecule has 2 aromatic carbocycles. The molecule has 0 radical (unpaired) electrons. The largest absolute Gasteiger partial charge is 0.497 e. The molecule has 0 spiro atoms. The molecule has 1 aliphatic heterocycles. The van der Waals surface area contributed by atoms with E-state index in [0.29, 0.717) is 36.4 Å². The standard InChI is InChI=1S/C23H28FN3O5S/c1-16-15-17(24)6-11-21(16)33(30,31)27-14-4-3-5-19(27)12-13-25-22(28)23(29)26-18-7-9-20(32-2)10-8-18/h6-11,15,19H,3-5,12-14H2,1-2H3,(H,25,28)(H,26,29). The third kappa shape index (κ3) is 6.08. The zero-order chi connectivity index (χ0) is 24.0. The minimum atomic E-state index is -3.81. The molecular weight excluding hydrogens is 449 g/mol. The Balaban J connectivity index is 1.58. The van der Waals surface area contributed by atoms with Crippen LogP contribution in [-0.4, -0.2) is 50.8 Å². The molecule has 1 heterocycles. The van der Waals surface area contributed by atoms with E-state index in [1.54, 1.807) is 31.2 Å². The number of nitrogens with zero attached hydrogens (tertiary/aromatic N) is 1. The monoisotopic (exact) mass is 477 g/mol. The quantitative estimate of drug-likeness (QED) is 0.597. The smallest absolute Gasteiger partial charge is 0.313 e. The van der Waals surface area contributed by atoms with Gasteiger partial charge in [-0.1, -0.05) is 6.42 Å². The van der Waals surface area contributed by atoms with Gasteiger partial charge < -0.3 is 15.4 Å². The Morgan fingerprint density at radius 1 is 1.12 bits per heavy atom. The number of hydrogen-bond donors (Lipinski definition) is 2. The second-order valence-corrected chi connectivity index (χ2v) is 9.76. The molecule has 0 saturated carbocycles. The van der Waals surface area contributed by atoms with Crippen LogP contribution in [0, 0.1) is 12.7 Å². The summed E-state index contributed by atoms with van der Waals surface area (Å²) in [7, 11) is -2.28. The number of sulfonamides is 1. The number of rotatable bonds is 7. The molecule has 0 aliphatic carbocycles. The number of carbonyl (C=O) groups is 2. The molecular formula is C23H28FN3O5S. The summed E-state index contributed by atoms with van der Waals surface area (Å²) in [4.78, 5) is 24.4. The zero-order valence-corrected chi connectivity index (χ0v) is 19.5. The van der Waals surface area contributed by atoms with Gasteiger partial charge >= 0.3 is 11.8 Å². The van der Waals surface area contributed by atoms with Gasteiger partial charge in [0.2, 0.25) is 10.0 Å². The highest BCUT2D eigenvalue weighted by Gasteiger charge is 2.34. The highest BCUT2D eigenvalue weighted by molar-refractivity contribution is 7.89. The van der Waals surface area contributed by atoms with Crippen LogP contribution in [0.5, 0.6) is 5.75 Å². The number of anilines is 1. The molecule has 1 aliphatic rings. The number of carbonyl (C=O) groups excluding carboxylic acids is 2. The molecule has 2 amide bonds. The van der Waals surface area contributed by atoms with E-state index < -0.39 is 27.7 Å². The van der Waals surface area contributed by atoms with Gasteiger partial charge in [-0.25, -0.2) is 12.8 Å². The summed E-state index contributed by atoms with van der Waals surface area (Å²) in [5.74, 6) is -1.47. The van der Waals surface area contributed by atoms with Crippen molar-refractivity contribution in [2.45, 2.75) is 43.5 Å². The highest BCUT2D eigenvalue weighted by atomic mass is 32.2. The van der Waals surface area contributed by atoms with E-state index >= 15 is 0 Å². The fourth-order valence-electron chi connectivity index (χ4n) is 3.90. The second-order valence-electron chi connectivity index (χ2n) is 7.90. The van der Waals surface area contributed by atoms with E-state index in [9.17, 15) is 22.4 Å². The van der Waals surface area contributed by atoms with Crippen LogP contribution in [0.1, 0.15) is 31.2 Å². The first-order valence-corrected chi connectivity index (χ1v) is 12.2. The third-order valence-electron chi connectivity index (χ3n) is 5.61. The highest BCUT2D eigenvalue weighted by Crippen LogP contribution is 2.28. The Hall–Kier alpha value is -2.98. The van der Waals surface area contributed by atoms with Gasteiger partial charge in [0.05, 0.1) is 12.0 Å². The van der Waals surface area contributed by atoms with Crippen molar-refractivity contribution in [2.24, 2.45) is 0 Å². The van der Waals surface area contributed by atoms with Crippen LogP contribution in [0.25, 0.3) is 0 Å². The summed E-state index contributed by atoms with van der Waals surface area (Å²) in [6.45, 7) is 2.07. The maximum atomic E-state index is 13.4. The van der Waals surface area contributed by atoms with Crippen LogP contribution >= 0.6 is 0 Å². The van der Waals surface area contributed by atoms with Gasteiger partial charge in [-0.05, 0) is 74.2 Å². The molecule has 2 N–H and O–H groups in total. The van der Waals surface area contributed by atoms with Gasteiger partial charge in [-0.3, -0.25) is 9.59 Å². The summed E-state index contributed by atoms with van der Waals surface area (Å²) in [5, 5.41) is 5.06. The fraction of sp³-hybridized carbons (Fsp3) is 0.391. The summed E-state index contributed by atoms with van der Waals surface area (Å²) >= 11 is 0. The second kappa shape index (κ2) is 10.8. The Morgan fingerprint density at radius 2 is 1.85 bits per heavy atom. The number of hydrogen-bond acceptors (Lipinski definition) is 5. The number of ether oxygens (including phenoxy) is 1. The predicted octanol–water partition coefficient (Wildman–Crippen LogP) is 2.83. The number of benzene rings is 2. The van der Waals surface area contributed by atoms with E-state index in [4.69, 9.17) is 4.74 Å². The first kappa shape index (κ1) is 24.7. The molecule has 1 unspecified atom stereocenters. The minimum absolute atomic E-state index is 0.0821. The predicted molar refractivity (Wildman–Crippen MR) is 122 cm³/mol. The van der Waals surface area contributed by atoms with Crippen molar-refractivity contribution in [1.29, 1.82) is 0 Å². The minimum Gasteiger partial charge on any atom is -0.497 e. The molecule has 1 atom stereocenters. The topological polar surface area (TPSA) is 105 Å².